The second-order valence-corrected chi connectivity index (χ2v) is 11.9. The molecule has 0 amide bonds. The zero-order valence-electron chi connectivity index (χ0n) is 15.8. The lowest BCUT2D eigenvalue weighted by Crippen LogP contribution is -2.51. The van der Waals surface area contributed by atoms with Crippen molar-refractivity contribution in [2.75, 3.05) is 26.4 Å². The summed E-state index contributed by atoms with van der Waals surface area (Å²) in [5, 5.41) is 1.20. The summed E-state index contributed by atoms with van der Waals surface area (Å²) in [6, 6.07) is 10.2. The molecular formula is C17H34O4Si2. The maximum absolute atomic E-state index is 5.77. The van der Waals surface area contributed by atoms with Gasteiger partial charge >= 0.3 is 17.1 Å². The van der Waals surface area contributed by atoms with Crippen molar-refractivity contribution in [3.05, 3.63) is 30.3 Å². The Balaban J connectivity index is 0.000000468. The molecule has 0 aliphatic rings. The van der Waals surface area contributed by atoms with Crippen molar-refractivity contribution < 1.29 is 17.7 Å². The molecule has 0 unspecified atom stereocenters. The van der Waals surface area contributed by atoms with Crippen molar-refractivity contribution in [3.8, 4) is 0 Å². The Morgan fingerprint density at radius 1 is 0.652 bits per heavy atom. The molecule has 0 radical (unpaired) electrons. The zero-order valence-corrected chi connectivity index (χ0v) is 17.8. The van der Waals surface area contributed by atoms with E-state index in [1.54, 1.807) is 0 Å². The Hall–Kier alpha value is -0.506. The van der Waals surface area contributed by atoms with Crippen LogP contribution in [0.2, 0.25) is 19.6 Å². The first-order chi connectivity index (χ1) is 10.8. The van der Waals surface area contributed by atoms with E-state index in [1.807, 2.05) is 45.9 Å². The van der Waals surface area contributed by atoms with Gasteiger partial charge in [-0.3, -0.25) is 0 Å². The van der Waals surface area contributed by atoms with Crippen LogP contribution in [0.15, 0.2) is 30.3 Å². The lowest BCUT2D eigenvalue weighted by atomic mass is 10.4. The molecule has 0 saturated heterocycles. The van der Waals surface area contributed by atoms with Gasteiger partial charge in [0.05, 0.1) is 0 Å². The highest BCUT2D eigenvalue weighted by molar-refractivity contribution is 6.79. The molecule has 0 fully saturated rings. The quantitative estimate of drug-likeness (QED) is 0.629. The van der Waals surface area contributed by atoms with Crippen LogP contribution in [0.4, 0.5) is 0 Å². The molecule has 0 aliphatic carbocycles. The van der Waals surface area contributed by atoms with E-state index in [9.17, 15) is 0 Å². The van der Waals surface area contributed by atoms with Crippen molar-refractivity contribution in [2.24, 2.45) is 0 Å². The minimum atomic E-state index is -2.13. The van der Waals surface area contributed by atoms with Gasteiger partial charge in [0, 0.05) is 26.4 Å². The van der Waals surface area contributed by atoms with E-state index in [2.05, 4.69) is 31.8 Å². The first-order valence-corrected chi connectivity index (χ1v) is 13.6. The summed E-state index contributed by atoms with van der Waals surface area (Å²) in [6.45, 7) is 17.1. The van der Waals surface area contributed by atoms with Crippen LogP contribution in [0.1, 0.15) is 27.7 Å². The van der Waals surface area contributed by atoms with Gasteiger partial charge in [0.15, 0.2) is 0 Å². The monoisotopic (exact) mass is 358 g/mol. The van der Waals surface area contributed by atoms with Gasteiger partial charge in [-0.2, -0.15) is 0 Å². The Bertz CT molecular complexity index is 385. The largest absolute Gasteiger partial charge is 0.395 e. The van der Waals surface area contributed by atoms with Gasteiger partial charge in [-0.05, 0) is 52.5 Å². The molecule has 0 aromatic heterocycles. The zero-order chi connectivity index (χ0) is 17.8. The van der Waals surface area contributed by atoms with Gasteiger partial charge in [0.2, 0.25) is 0 Å². The fourth-order valence-corrected chi connectivity index (χ4v) is 6.03. The first-order valence-electron chi connectivity index (χ1n) is 8.46. The van der Waals surface area contributed by atoms with Gasteiger partial charge < -0.3 is 17.7 Å². The highest BCUT2D eigenvalue weighted by atomic mass is 28.4. The Morgan fingerprint density at radius 3 is 1.39 bits per heavy atom. The smallest absolute Gasteiger partial charge is 0.369 e. The molecule has 1 aromatic rings. The molecule has 0 saturated carbocycles. The molecule has 4 nitrogen and oxygen atoms in total. The normalized spacial score (nSPS) is 11.8. The fraction of sp³-hybridized carbons (Fsp3) is 0.647. The van der Waals surface area contributed by atoms with E-state index in [1.165, 1.54) is 5.19 Å². The predicted octanol–water partition coefficient (Wildman–Crippen LogP) is 3.80. The summed E-state index contributed by atoms with van der Waals surface area (Å²) in [6.07, 6.45) is 0. The topological polar surface area (TPSA) is 36.9 Å². The molecule has 6 heteroatoms. The van der Waals surface area contributed by atoms with E-state index in [-0.39, 0.29) is 0 Å². The van der Waals surface area contributed by atoms with Crippen LogP contribution in [0, 0.1) is 0 Å². The average molecular weight is 359 g/mol. The molecule has 1 rings (SSSR count). The second kappa shape index (κ2) is 11.9. The van der Waals surface area contributed by atoms with E-state index < -0.39 is 17.1 Å². The van der Waals surface area contributed by atoms with Crippen molar-refractivity contribution in [1.29, 1.82) is 0 Å². The Morgan fingerprint density at radius 2 is 1.04 bits per heavy atom. The van der Waals surface area contributed by atoms with Crippen molar-refractivity contribution in [1.82, 2.24) is 0 Å². The number of hydrogen-bond acceptors (Lipinski definition) is 4. The van der Waals surface area contributed by atoms with Gasteiger partial charge in [-0.15, -0.1) is 0 Å². The summed E-state index contributed by atoms with van der Waals surface area (Å²) in [7, 11) is -3.83. The minimum absolute atomic E-state index is 0.706. The van der Waals surface area contributed by atoms with Crippen molar-refractivity contribution in [2.45, 2.75) is 47.3 Å². The lowest BCUT2D eigenvalue weighted by molar-refractivity contribution is 0.195. The fourth-order valence-electron chi connectivity index (χ4n) is 2.24. The van der Waals surface area contributed by atoms with Gasteiger partial charge in [0.25, 0.3) is 0 Å². The SMILES string of the molecule is CCO[Si](C)(C)OCC.CCO[Si](C)(OCC)c1ccccc1. The third-order valence-electron chi connectivity index (χ3n) is 3.12. The van der Waals surface area contributed by atoms with Crippen LogP contribution in [0.25, 0.3) is 0 Å². The van der Waals surface area contributed by atoms with E-state index in [4.69, 9.17) is 17.7 Å². The average Bonchev–Trinajstić information content (AvgIpc) is 2.49. The molecule has 0 spiro atoms. The van der Waals surface area contributed by atoms with Crippen LogP contribution in [-0.2, 0) is 17.7 Å². The maximum Gasteiger partial charge on any atom is 0.369 e. The number of benzene rings is 1. The van der Waals surface area contributed by atoms with Crippen LogP contribution >= 0.6 is 0 Å². The molecule has 23 heavy (non-hydrogen) atoms. The summed E-state index contributed by atoms with van der Waals surface area (Å²) in [5.41, 5.74) is 0. The van der Waals surface area contributed by atoms with E-state index >= 15 is 0 Å². The standard InChI is InChI=1S/C11H18O2Si.C6H16O2Si/c1-4-12-14(3,13-5-2)11-9-7-6-8-10-11;1-5-7-9(3,4)8-6-2/h6-10H,4-5H2,1-3H3;5-6H2,1-4H3. The third kappa shape index (κ3) is 9.39. The predicted molar refractivity (Wildman–Crippen MR) is 102 cm³/mol. The molecule has 0 heterocycles. The highest BCUT2D eigenvalue weighted by Gasteiger charge is 2.32. The summed E-state index contributed by atoms with van der Waals surface area (Å²) in [5.74, 6) is 0. The van der Waals surface area contributed by atoms with Crippen LogP contribution in [-0.4, -0.2) is 43.5 Å². The first kappa shape index (κ1) is 22.5. The molecule has 1 aromatic carbocycles. The summed E-state index contributed by atoms with van der Waals surface area (Å²) < 4.78 is 22.3. The van der Waals surface area contributed by atoms with Gasteiger partial charge in [0.1, 0.15) is 0 Å². The van der Waals surface area contributed by atoms with E-state index in [0.29, 0.717) is 13.2 Å². The molecule has 0 aliphatic heterocycles. The van der Waals surface area contributed by atoms with Crippen LogP contribution in [0.3, 0.4) is 0 Å². The third-order valence-corrected chi connectivity index (χ3v) is 8.15. The van der Waals surface area contributed by atoms with Gasteiger partial charge in [-0.1, -0.05) is 30.3 Å². The second-order valence-electron chi connectivity index (χ2n) is 5.44. The number of rotatable bonds is 9. The lowest BCUT2D eigenvalue weighted by Gasteiger charge is -2.26. The summed E-state index contributed by atoms with van der Waals surface area (Å²) >= 11 is 0. The highest BCUT2D eigenvalue weighted by Crippen LogP contribution is 2.07. The minimum Gasteiger partial charge on any atom is -0.395 e. The Kier molecular flexibility index (Phi) is 11.7. The van der Waals surface area contributed by atoms with Crippen LogP contribution in [0.5, 0.6) is 0 Å². The molecule has 0 N–H and O–H groups in total. The van der Waals surface area contributed by atoms with Crippen LogP contribution < -0.4 is 5.19 Å². The maximum atomic E-state index is 5.77. The molecule has 134 valence electrons. The van der Waals surface area contributed by atoms with Gasteiger partial charge in [-0.25, -0.2) is 0 Å². The molecule has 0 atom stereocenters. The molecular weight excluding hydrogens is 324 g/mol. The summed E-state index contributed by atoms with van der Waals surface area (Å²) in [4.78, 5) is 0. The number of hydrogen-bond donors (Lipinski definition) is 0. The molecule has 0 bridgehead atoms. The van der Waals surface area contributed by atoms with E-state index in [0.717, 1.165) is 13.2 Å². The van der Waals surface area contributed by atoms with Crippen molar-refractivity contribution in [3.63, 3.8) is 0 Å². The van der Waals surface area contributed by atoms with Crippen molar-refractivity contribution >= 4 is 22.3 Å². The Labute approximate surface area is 144 Å².